The molecule has 3 heteroatoms. The number of hydrogen-bond donors (Lipinski definition) is 1. The number of carbonyl (C=O) groups is 1. The van der Waals surface area contributed by atoms with Crippen molar-refractivity contribution < 1.29 is 9.21 Å². The summed E-state index contributed by atoms with van der Waals surface area (Å²) in [6.07, 6.45) is 23.4. The molecule has 0 atom stereocenters. The zero-order chi connectivity index (χ0) is 18.7. The zero-order valence-electron chi connectivity index (χ0n) is 17.1. The third kappa shape index (κ3) is 13.0. The molecule has 0 saturated heterocycles. The van der Waals surface area contributed by atoms with Crippen molar-refractivity contribution in [2.75, 3.05) is 6.54 Å². The number of unbranched alkanes of at least 4 members (excludes halogenated alkanes) is 15. The van der Waals surface area contributed by atoms with Gasteiger partial charge < -0.3 is 9.73 Å². The van der Waals surface area contributed by atoms with Crippen LogP contribution in [0.15, 0.2) is 22.8 Å². The summed E-state index contributed by atoms with van der Waals surface area (Å²) in [5, 5.41) is 2.90. The third-order valence-electron chi connectivity index (χ3n) is 5.06. The van der Waals surface area contributed by atoms with Crippen molar-refractivity contribution in [1.82, 2.24) is 5.32 Å². The summed E-state index contributed by atoms with van der Waals surface area (Å²) < 4.78 is 5.07. The van der Waals surface area contributed by atoms with Gasteiger partial charge in [0, 0.05) is 6.54 Å². The van der Waals surface area contributed by atoms with Crippen molar-refractivity contribution in [3.8, 4) is 0 Å². The van der Waals surface area contributed by atoms with Gasteiger partial charge in [0.05, 0.1) is 6.26 Å². The Morgan fingerprint density at radius 3 is 1.65 bits per heavy atom. The molecule has 0 aromatic carbocycles. The van der Waals surface area contributed by atoms with Gasteiger partial charge in [-0.3, -0.25) is 4.79 Å². The summed E-state index contributed by atoms with van der Waals surface area (Å²) in [6.45, 7) is 3.03. The summed E-state index contributed by atoms with van der Waals surface area (Å²) in [5.41, 5.74) is 0. The standard InChI is InChI=1S/C23H41NO2/c1-2-3-4-5-6-7-8-9-10-11-12-13-14-15-16-17-20-24-23(25)22-19-18-21-26-22/h18-19,21H,2-17,20H2,1H3,(H,24,25). The van der Waals surface area contributed by atoms with Crippen LogP contribution in [-0.4, -0.2) is 12.5 Å². The summed E-state index contributed by atoms with van der Waals surface area (Å²) in [6, 6.07) is 3.44. The normalized spacial score (nSPS) is 11.0. The molecule has 150 valence electrons. The molecular formula is C23H41NO2. The van der Waals surface area contributed by atoms with Gasteiger partial charge in [0.15, 0.2) is 5.76 Å². The Hall–Kier alpha value is -1.25. The molecule has 0 saturated carbocycles. The van der Waals surface area contributed by atoms with Crippen LogP contribution in [0.3, 0.4) is 0 Å². The molecule has 0 fully saturated rings. The SMILES string of the molecule is CCCCCCCCCCCCCCCCCCNC(=O)c1ccco1. The number of amides is 1. The van der Waals surface area contributed by atoms with Crippen LogP contribution in [0.1, 0.15) is 120 Å². The average molecular weight is 364 g/mol. The van der Waals surface area contributed by atoms with Gasteiger partial charge in [0.25, 0.3) is 5.91 Å². The lowest BCUT2D eigenvalue weighted by atomic mass is 10.0. The van der Waals surface area contributed by atoms with Crippen molar-refractivity contribution in [1.29, 1.82) is 0 Å². The van der Waals surface area contributed by atoms with E-state index < -0.39 is 0 Å². The maximum atomic E-state index is 11.7. The molecular weight excluding hydrogens is 322 g/mol. The Morgan fingerprint density at radius 1 is 0.769 bits per heavy atom. The van der Waals surface area contributed by atoms with Crippen molar-refractivity contribution >= 4 is 5.91 Å². The Balaban J connectivity index is 1.71. The molecule has 0 aliphatic rings. The van der Waals surface area contributed by atoms with Crippen molar-refractivity contribution in [3.63, 3.8) is 0 Å². The first-order chi connectivity index (χ1) is 12.8. The molecule has 1 amide bonds. The van der Waals surface area contributed by atoms with Crippen molar-refractivity contribution in [2.45, 2.75) is 110 Å². The average Bonchev–Trinajstić information content (AvgIpc) is 3.19. The highest BCUT2D eigenvalue weighted by Gasteiger charge is 2.06. The van der Waals surface area contributed by atoms with Crippen LogP contribution in [0, 0.1) is 0 Å². The minimum Gasteiger partial charge on any atom is -0.459 e. The molecule has 0 radical (unpaired) electrons. The van der Waals surface area contributed by atoms with Gasteiger partial charge in [-0.2, -0.15) is 0 Å². The Kier molecular flexibility index (Phi) is 15.1. The molecule has 0 bridgehead atoms. The first-order valence-electron chi connectivity index (χ1n) is 11.2. The summed E-state index contributed by atoms with van der Waals surface area (Å²) in [5.74, 6) is 0.303. The van der Waals surface area contributed by atoms with Gasteiger partial charge in [0.1, 0.15) is 0 Å². The number of carbonyl (C=O) groups excluding carboxylic acids is 1. The van der Waals surface area contributed by atoms with Crippen LogP contribution in [0.5, 0.6) is 0 Å². The van der Waals surface area contributed by atoms with E-state index >= 15 is 0 Å². The van der Waals surface area contributed by atoms with Crippen LogP contribution in [0.4, 0.5) is 0 Å². The van der Waals surface area contributed by atoms with E-state index in [1.54, 1.807) is 12.1 Å². The molecule has 3 nitrogen and oxygen atoms in total. The Morgan fingerprint density at radius 2 is 1.23 bits per heavy atom. The summed E-state index contributed by atoms with van der Waals surface area (Å²) >= 11 is 0. The second-order valence-electron chi connectivity index (χ2n) is 7.54. The fourth-order valence-corrected chi connectivity index (χ4v) is 3.37. The number of rotatable bonds is 18. The molecule has 0 unspecified atom stereocenters. The highest BCUT2D eigenvalue weighted by Crippen LogP contribution is 2.13. The molecule has 0 spiro atoms. The second-order valence-corrected chi connectivity index (χ2v) is 7.54. The van der Waals surface area contributed by atoms with E-state index in [0.717, 1.165) is 13.0 Å². The summed E-state index contributed by atoms with van der Waals surface area (Å²) in [4.78, 5) is 11.7. The van der Waals surface area contributed by atoms with Crippen LogP contribution >= 0.6 is 0 Å². The minimum absolute atomic E-state index is 0.101. The van der Waals surface area contributed by atoms with Crippen LogP contribution in [-0.2, 0) is 0 Å². The van der Waals surface area contributed by atoms with E-state index in [0.29, 0.717) is 5.76 Å². The van der Waals surface area contributed by atoms with Gasteiger partial charge in [-0.1, -0.05) is 103 Å². The van der Waals surface area contributed by atoms with Gasteiger partial charge in [-0.05, 0) is 18.6 Å². The predicted octanol–water partition coefficient (Wildman–Crippen LogP) is 7.27. The van der Waals surface area contributed by atoms with Crippen LogP contribution < -0.4 is 5.32 Å². The van der Waals surface area contributed by atoms with Crippen LogP contribution in [0.25, 0.3) is 0 Å². The van der Waals surface area contributed by atoms with Crippen molar-refractivity contribution in [2.24, 2.45) is 0 Å². The van der Waals surface area contributed by atoms with E-state index in [1.165, 1.54) is 103 Å². The smallest absolute Gasteiger partial charge is 0.286 e. The fraction of sp³-hybridized carbons (Fsp3) is 0.783. The van der Waals surface area contributed by atoms with Gasteiger partial charge in [-0.15, -0.1) is 0 Å². The number of furan rings is 1. The lowest BCUT2D eigenvalue weighted by Crippen LogP contribution is -2.23. The molecule has 1 N–H and O–H groups in total. The van der Waals surface area contributed by atoms with E-state index in [1.807, 2.05) is 0 Å². The lowest BCUT2D eigenvalue weighted by molar-refractivity contribution is 0.0925. The quantitative estimate of drug-likeness (QED) is 0.279. The molecule has 1 aromatic rings. The minimum atomic E-state index is -0.101. The largest absolute Gasteiger partial charge is 0.459 e. The monoisotopic (exact) mass is 363 g/mol. The molecule has 1 aromatic heterocycles. The maximum absolute atomic E-state index is 11.7. The highest BCUT2D eigenvalue weighted by molar-refractivity contribution is 5.91. The summed E-state index contributed by atoms with van der Waals surface area (Å²) in [7, 11) is 0. The molecule has 0 aliphatic carbocycles. The molecule has 1 heterocycles. The van der Waals surface area contributed by atoms with E-state index in [4.69, 9.17) is 4.42 Å². The molecule has 26 heavy (non-hydrogen) atoms. The van der Waals surface area contributed by atoms with Gasteiger partial charge in [-0.25, -0.2) is 0 Å². The van der Waals surface area contributed by atoms with E-state index in [-0.39, 0.29) is 5.91 Å². The molecule has 0 aliphatic heterocycles. The van der Waals surface area contributed by atoms with Crippen molar-refractivity contribution in [3.05, 3.63) is 24.2 Å². The molecule has 1 rings (SSSR count). The topological polar surface area (TPSA) is 42.2 Å². The Bertz CT molecular complexity index is 414. The van der Waals surface area contributed by atoms with Gasteiger partial charge >= 0.3 is 0 Å². The number of hydrogen-bond acceptors (Lipinski definition) is 2. The number of nitrogens with one attached hydrogen (secondary N) is 1. The van der Waals surface area contributed by atoms with Crippen LogP contribution in [0.2, 0.25) is 0 Å². The Labute approximate surface area is 161 Å². The predicted molar refractivity (Wildman–Crippen MR) is 111 cm³/mol. The van der Waals surface area contributed by atoms with Gasteiger partial charge in [0.2, 0.25) is 0 Å². The first-order valence-corrected chi connectivity index (χ1v) is 11.2. The van der Waals surface area contributed by atoms with E-state index in [9.17, 15) is 4.79 Å². The van der Waals surface area contributed by atoms with E-state index in [2.05, 4.69) is 12.2 Å². The maximum Gasteiger partial charge on any atom is 0.286 e. The zero-order valence-corrected chi connectivity index (χ0v) is 17.1. The third-order valence-corrected chi connectivity index (χ3v) is 5.06. The lowest BCUT2D eigenvalue weighted by Gasteiger charge is -2.04. The fourth-order valence-electron chi connectivity index (χ4n) is 3.37. The highest BCUT2D eigenvalue weighted by atomic mass is 16.3. The second kappa shape index (κ2) is 17.2. The first kappa shape index (κ1) is 22.8.